The van der Waals surface area contributed by atoms with Crippen molar-refractivity contribution in [2.75, 3.05) is 30.5 Å². The fourth-order valence-electron chi connectivity index (χ4n) is 2.81. The van der Waals surface area contributed by atoms with Gasteiger partial charge in [-0.15, -0.1) is 0 Å². The van der Waals surface area contributed by atoms with Gasteiger partial charge in [0.25, 0.3) is 5.91 Å². The molecule has 1 unspecified atom stereocenters. The number of halogens is 3. The molecule has 2 heterocycles. The molecule has 0 bridgehead atoms. The Balaban J connectivity index is 1.64. The molecule has 2 aromatic rings. The first-order valence-electron chi connectivity index (χ1n) is 8.87. The molecule has 1 fully saturated rings. The van der Waals surface area contributed by atoms with Crippen molar-refractivity contribution in [3.63, 3.8) is 0 Å². The number of benzene rings is 1. The van der Waals surface area contributed by atoms with Crippen LogP contribution in [0.3, 0.4) is 0 Å². The van der Waals surface area contributed by atoms with Crippen LogP contribution in [-0.2, 0) is 20.4 Å². The zero-order chi connectivity index (χ0) is 20.9. The number of hydrogen-bond donors (Lipinski definition) is 2. The normalized spacial score (nSPS) is 16.6. The summed E-state index contributed by atoms with van der Waals surface area (Å²) in [4.78, 5) is 23.9. The number of rotatable bonds is 7. The van der Waals surface area contributed by atoms with Crippen molar-refractivity contribution in [2.45, 2.75) is 25.1 Å². The van der Waals surface area contributed by atoms with E-state index in [9.17, 15) is 22.8 Å². The number of carbonyl (C=O) groups is 2. The molecule has 2 amide bonds. The lowest BCUT2D eigenvalue weighted by molar-refractivity contribution is -0.137. The predicted molar refractivity (Wildman–Crippen MR) is 96.5 cm³/mol. The van der Waals surface area contributed by atoms with Gasteiger partial charge in [-0.3, -0.25) is 9.59 Å². The van der Waals surface area contributed by atoms with Crippen LogP contribution in [0.5, 0.6) is 0 Å². The Kier molecular flexibility index (Phi) is 6.55. The van der Waals surface area contributed by atoms with Crippen LogP contribution in [0.25, 0.3) is 0 Å². The van der Waals surface area contributed by atoms with E-state index in [4.69, 9.17) is 13.9 Å². The molecule has 156 valence electrons. The van der Waals surface area contributed by atoms with E-state index in [1.165, 1.54) is 24.7 Å². The summed E-state index contributed by atoms with van der Waals surface area (Å²) in [6, 6.07) is 4.47. The molecule has 0 aliphatic carbocycles. The lowest BCUT2D eigenvalue weighted by Gasteiger charge is -2.16. The first-order valence-corrected chi connectivity index (χ1v) is 8.87. The summed E-state index contributed by atoms with van der Waals surface area (Å²) in [6.45, 7) is 0.452. The smallest absolute Gasteiger partial charge is 0.418 e. The Bertz CT molecular complexity index is 846. The quantitative estimate of drug-likeness (QED) is 0.724. The van der Waals surface area contributed by atoms with Gasteiger partial charge in [0, 0.05) is 12.3 Å². The summed E-state index contributed by atoms with van der Waals surface area (Å²) in [7, 11) is 0. The van der Waals surface area contributed by atoms with Gasteiger partial charge in [-0.1, -0.05) is 0 Å². The van der Waals surface area contributed by atoms with E-state index in [-0.39, 0.29) is 24.0 Å². The number of carbonyl (C=O) groups excluding carboxylic acids is 2. The van der Waals surface area contributed by atoms with Gasteiger partial charge in [0.1, 0.15) is 12.9 Å². The molecule has 0 saturated carbocycles. The van der Waals surface area contributed by atoms with Crippen LogP contribution < -0.4 is 10.6 Å². The molecule has 1 aliphatic rings. The minimum Gasteiger partial charge on any atom is -0.472 e. The van der Waals surface area contributed by atoms with Crippen molar-refractivity contribution in [3.8, 4) is 0 Å². The monoisotopic (exact) mass is 412 g/mol. The van der Waals surface area contributed by atoms with Crippen molar-refractivity contribution in [1.29, 1.82) is 0 Å². The lowest BCUT2D eigenvalue weighted by atomic mass is 10.1. The van der Waals surface area contributed by atoms with Gasteiger partial charge in [-0.25, -0.2) is 0 Å². The molecule has 1 aromatic heterocycles. The van der Waals surface area contributed by atoms with Crippen molar-refractivity contribution in [2.24, 2.45) is 0 Å². The van der Waals surface area contributed by atoms with Gasteiger partial charge in [-0.05, 0) is 37.1 Å². The Hall–Kier alpha value is -2.85. The van der Waals surface area contributed by atoms with E-state index in [1.54, 1.807) is 0 Å². The molecule has 29 heavy (non-hydrogen) atoms. The van der Waals surface area contributed by atoms with Crippen molar-refractivity contribution >= 4 is 23.2 Å². The maximum atomic E-state index is 13.4. The fourth-order valence-corrected chi connectivity index (χ4v) is 2.81. The molecule has 1 aliphatic heterocycles. The molecule has 7 nitrogen and oxygen atoms in total. The Morgan fingerprint density at radius 2 is 2.03 bits per heavy atom. The molecule has 10 heteroatoms. The third-order valence-electron chi connectivity index (χ3n) is 4.20. The van der Waals surface area contributed by atoms with Gasteiger partial charge in [0.2, 0.25) is 5.91 Å². The van der Waals surface area contributed by atoms with Crippen molar-refractivity contribution in [1.82, 2.24) is 0 Å². The van der Waals surface area contributed by atoms with Crippen molar-refractivity contribution < 1.29 is 36.7 Å². The summed E-state index contributed by atoms with van der Waals surface area (Å²) in [5.41, 5.74) is -1.42. The summed E-state index contributed by atoms with van der Waals surface area (Å²) in [5.74, 6) is -1.34. The van der Waals surface area contributed by atoms with Gasteiger partial charge >= 0.3 is 6.18 Å². The van der Waals surface area contributed by atoms with E-state index < -0.39 is 35.8 Å². The molecule has 1 saturated heterocycles. The number of alkyl halides is 3. The average molecular weight is 412 g/mol. The number of furan rings is 1. The average Bonchev–Trinajstić information content (AvgIpc) is 3.36. The second-order valence-corrected chi connectivity index (χ2v) is 6.42. The first-order chi connectivity index (χ1) is 13.8. The van der Waals surface area contributed by atoms with Gasteiger partial charge in [0.05, 0.1) is 35.8 Å². The number of anilines is 2. The topological polar surface area (TPSA) is 89.8 Å². The van der Waals surface area contributed by atoms with E-state index in [2.05, 4.69) is 10.6 Å². The summed E-state index contributed by atoms with van der Waals surface area (Å²) >= 11 is 0. The Morgan fingerprint density at radius 3 is 2.69 bits per heavy atom. The number of nitrogens with one attached hydrogen (secondary N) is 2. The third kappa shape index (κ3) is 5.81. The third-order valence-corrected chi connectivity index (χ3v) is 4.20. The standard InChI is InChI=1S/C19H19F3N2O5/c20-19(21,22)15-8-13(23-18(26)12-5-7-27-9-12)3-4-16(15)24-17(25)11-28-10-14-2-1-6-29-14/h3-5,7-9,14H,1-2,6,10-11H2,(H,23,26)(H,24,25). The lowest BCUT2D eigenvalue weighted by Crippen LogP contribution is -2.24. The number of amides is 2. The summed E-state index contributed by atoms with van der Waals surface area (Å²) < 4.78 is 55.6. The largest absolute Gasteiger partial charge is 0.472 e. The van der Waals surface area contributed by atoms with Crippen LogP contribution in [0, 0.1) is 0 Å². The molecule has 2 N–H and O–H groups in total. The van der Waals surface area contributed by atoms with Crippen LogP contribution in [-0.4, -0.2) is 37.7 Å². The molecular formula is C19H19F3N2O5. The predicted octanol–water partition coefficient (Wildman–Crippen LogP) is 3.68. The molecule has 3 rings (SSSR count). The highest BCUT2D eigenvalue weighted by molar-refractivity contribution is 6.04. The van der Waals surface area contributed by atoms with E-state index in [1.807, 2.05) is 0 Å². The van der Waals surface area contributed by atoms with Gasteiger partial charge in [-0.2, -0.15) is 13.2 Å². The molecule has 1 atom stereocenters. The minimum atomic E-state index is -4.74. The minimum absolute atomic E-state index is 0.0730. The maximum absolute atomic E-state index is 13.4. The SMILES string of the molecule is O=C(COCC1CCCO1)Nc1ccc(NC(=O)c2ccoc2)cc1C(F)(F)F. The van der Waals surface area contributed by atoms with E-state index in [0.717, 1.165) is 25.0 Å². The number of hydrogen-bond acceptors (Lipinski definition) is 5. The molecular weight excluding hydrogens is 393 g/mol. The zero-order valence-corrected chi connectivity index (χ0v) is 15.3. The van der Waals surface area contributed by atoms with Crippen LogP contribution in [0.2, 0.25) is 0 Å². The van der Waals surface area contributed by atoms with Crippen LogP contribution in [0.4, 0.5) is 24.5 Å². The highest BCUT2D eigenvalue weighted by atomic mass is 19.4. The first kappa shape index (κ1) is 20.9. The van der Waals surface area contributed by atoms with Gasteiger partial charge < -0.3 is 24.5 Å². The molecule has 0 spiro atoms. The second-order valence-electron chi connectivity index (χ2n) is 6.42. The van der Waals surface area contributed by atoms with Gasteiger partial charge in [0.15, 0.2) is 0 Å². The van der Waals surface area contributed by atoms with Crippen LogP contribution in [0.1, 0.15) is 28.8 Å². The Labute approximate surface area is 164 Å². The highest BCUT2D eigenvalue weighted by Crippen LogP contribution is 2.36. The maximum Gasteiger partial charge on any atom is 0.418 e. The zero-order valence-electron chi connectivity index (χ0n) is 15.3. The molecule has 0 radical (unpaired) electrons. The highest BCUT2D eigenvalue weighted by Gasteiger charge is 2.34. The number of ether oxygens (including phenoxy) is 2. The second kappa shape index (κ2) is 9.10. The van der Waals surface area contributed by atoms with Crippen LogP contribution in [0.15, 0.2) is 41.2 Å². The van der Waals surface area contributed by atoms with E-state index >= 15 is 0 Å². The van der Waals surface area contributed by atoms with Crippen LogP contribution >= 0.6 is 0 Å². The van der Waals surface area contributed by atoms with E-state index in [0.29, 0.717) is 6.61 Å². The Morgan fingerprint density at radius 1 is 1.21 bits per heavy atom. The van der Waals surface area contributed by atoms with Crippen molar-refractivity contribution in [3.05, 3.63) is 47.9 Å². The fraction of sp³-hybridized carbons (Fsp3) is 0.368. The summed E-state index contributed by atoms with van der Waals surface area (Å²) in [5, 5.41) is 4.55. The summed E-state index contributed by atoms with van der Waals surface area (Å²) in [6.07, 6.45) is -0.644. The molecule has 1 aromatic carbocycles.